The van der Waals surface area contributed by atoms with Crippen LogP contribution in [0.15, 0.2) is 54.6 Å². The van der Waals surface area contributed by atoms with Crippen molar-refractivity contribution < 1.29 is 5.11 Å². The first-order valence-electron chi connectivity index (χ1n) is 6.83. The maximum Gasteiger partial charge on any atom is 0.0761 e. The molecule has 1 aliphatic rings. The number of nitrogens with two attached hydrogens (primary N) is 1. The topological polar surface area (TPSA) is 46.2 Å². The van der Waals surface area contributed by atoms with E-state index < -0.39 is 11.6 Å². The summed E-state index contributed by atoms with van der Waals surface area (Å²) < 4.78 is 0. The van der Waals surface area contributed by atoms with Crippen molar-refractivity contribution >= 4 is 0 Å². The Kier molecular flexibility index (Phi) is 3.13. The van der Waals surface area contributed by atoms with Gasteiger partial charge in [0.2, 0.25) is 0 Å². The zero-order valence-electron chi connectivity index (χ0n) is 10.9. The molecule has 3 rings (SSSR count). The first-order valence-corrected chi connectivity index (χ1v) is 6.83. The Morgan fingerprint density at radius 1 is 0.947 bits per heavy atom. The minimum Gasteiger partial charge on any atom is -0.391 e. The molecular weight excluding hydrogens is 234 g/mol. The summed E-state index contributed by atoms with van der Waals surface area (Å²) in [7, 11) is 0. The fourth-order valence-corrected chi connectivity index (χ4v) is 2.95. The van der Waals surface area contributed by atoms with Crippen LogP contribution in [0.5, 0.6) is 0 Å². The van der Waals surface area contributed by atoms with Gasteiger partial charge in [0.25, 0.3) is 0 Å². The summed E-state index contributed by atoms with van der Waals surface area (Å²) in [6.07, 6.45) is 2.24. The smallest absolute Gasteiger partial charge is 0.0761 e. The minimum atomic E-state index is -0.560. The van der Waals surface area contributed by atoms with Crippen LogP contribution in [0.4, 0.5) is 0 Å². The number of benzene rings is 2. The average Bonchev–Trinajstić information content (AvgIpc) is 2.81. The first-order chi connectivity index (χ1) is 9.20. The molecule has 2 nitrogen and oxygen atoms in total. The van der Waals surface area contributed by atoms with E-state index in [1.165, 1.54) is 11.1 Å². The standard InChI is InChI=1S/C17H19NO/c18-17(12-4-7-16(17)19)15-10-8-14(9-11-15)13-5-2-1-3-6-13/h1-3,5-6,8-11,16,19H,4,7,12,18H2. The highest BCUT2D eigenvalue weighted by Crippen LogP contribution is 2.37. The molecule has 0 spiro atoms. The highest BCUT2D eigenvalue weighted by atomic mass is 16.3. The summed E-state index contributed by atoms with van der Waals surface area (Å²) in [4.78, 5) is 0. The third-order valence-electron chi connectivity index (χ3n) is 4.19. The van der Waals surface area contributed by atoms with Crippen molar-refractivity contribution in [1.82, 2.24) is 0 Å². The molecule has 2 aromatic carbocycles. The van der Waals surface area contributed by atoms with Gasteiger partial charge >= 0.3 is 0 Å². The lowest BCUT2D eigenvalue weighted by Crippen LogP contribution is -2.43. The molecule has 1 aliphatic carbocycles. The van der Waals surface area contributed by atoms with Gasteiger partial charge in [-0.2, -0.15) is 0 Å². The van der Waals surface area contributed by atoms with Gasteiger partial charge in [-0.3, -0.25) is 0 Å². The van der Waals surface area contributed by atoms with E-state index in [0.29, 0.717) is 0 Å². The maximum atomic E-state index is 10.1. The highest BCUT2D eigenvalue weighted by molar-refractivity contribution is 5.63. The van der Waals surface area contributed by atoms with E-state index >= 15 is 0 Å². The molecule has 0 heterocycles. The molecule has 0 saturated heterocycles. The predicted octanol–water partition coefficient (Wildman–Crippen LogP) is 3.05. The van der Waals surface area contributed by atoms with Crippen LogP contribution in [-0.4, -0.2) is 11.2 Å². The molecule has 19 heavy (non-hydrogen) atoms. The zero-order valence-corrected chi connectivity index (χ0v) is 10.9. The molecular formula is C17H19NO. The molecule has 0 bridgehead atoms. The summed E-state index contributed by atoms with van der Waals surface area (Å²) in [5.41, 5.74) is 9.22. The van der Waals surface area contributed by atoms with Gasteiger partial charge in [-0.1, -0.05) is 54.6 Å². The number of hydrogen-bond donors (Lipinski definition) is 2. The van der Waals surface area contributed by atoms with Crippen LogP contribution in [0.25, 0.3) is 11.1 Å². The Bertz CT molecular complexity index is 549. The van der Waals surface area contributed by atoms with Crippen molar-refractivity contribution in [3.05, 3.63) is 60.2 Å². The van der Waals surface area contributed by atoms with Gasteiger partial charge in [0.1, 0.15) is 0 Å². The lowest BCUT2D eigenvalue weighted by atomic mass is 9.86. The van der Waals surface area contributed by atoms with Crippen molar-refractivity contribution in [3.8, 4) is 11.1 Å². The Hall–Kier alpha value is -1.64. The highest BCUT2D eigenvalue weighted by Gasteiger charge is 2.39. The van der Waals surface area contributed by atoms with Crippen LogP contribution >= 0.6 is 0 Å². The molecule has 2 aromatic rings. The van der Waals surface area contributed by atoms with Crippen LogP contribution in [-0.2, 0) is 5.54 Å². The van der Waals surface area contributed by atoms with Crippen molar-refractivity contribution in [1.29, 1.82) is 0 Å². The van der Waals surface area contributed by atoms with E-state index in [2.05, 4.69) is 36.4 Å². The molecule has 0 aromatic heterocycles. The van der Waals surface area contributed by atoms with E-state index in [4.69, 9.17) is 5.73 Å². The largest absolute Gasteiger partial charge is 0.391 e. The zero-order chi connectivity index (χ0) is 13.3. The van der Waals surface area contributed by atoms with E-state index in [9.17, 15) is 5.11 Å². The van der Waals surface area contributed by atoms with Crippen LogP contribution in [0.1, 0.15) is 24.8 Å². The SMILES string of the molecule is NC1(c2ccc(-c3ccccc3)cc2)CCCC1O. The van der Waals surface area contributed by atoms with Crippen molar-refractivity contribution in [3.63, 3.8) is 0 Å². The number of rotatable bonds is 2. The lowest BCUT2D eigenvalue weighted by Gasteiger charge is -2.28. The number of aliphatic hydroxyl groups excluding tert-OH is 1. The summed E-state index contributed by atoms with van der Waals surface area (Å²) in [6.45, 7) is 0. The van der Waals surface area contributed by atoms with Crippen molar-refractivity contribution in [2.75, 3.05) is 0 Å². The second-order valence-electron chi connectivity index (χ2n) is 5.39. The van der Waals surface area contributed by atoms with Crippen LogP contribution in [0.2, 0.25) is 0 Å². The fourth-order valence-electron chi connectivity index (χ4n) is 2.95. The molecule has 2 heteroatoms. The molecule has 3 N–H and O–H groups in total. The molecule has 1 fully saturated rings. The Labute approximate surface area is 113 Å². The second kappa shape index (κ2) is 4.80. The molecule has 98 valence electrons. The van der Waals surface area contributed by atoms with Gasteiger partial charge in [-0.05, 0) is 36.0 Å². The Morgan fingerprint density at radius 2 is 1.58 bits per heavy atom. The van der Waals surface area contributed by atoms with Gasteiger partial charge in [-0.15, -0.1) is 0 Å². The van der Waals surface area contributed by atoms with E-state index in [-0.39, 0.29) is 0 Å². The second-order valence-corrected chi connectivity index (χ2v) is 5.39. The summed E-state index contributed by atoms with van der Waals surface area (Å²) in [6, 6.07) is 18.6. The monoisotopic (exact) mass is 253 g/mol. The normalized spacial score (nSPS) is 26.5. The van der Waals surface area contributed by atoms with Gasteiger partial charge in [0.05, 0.1) is 11.6 Å². The quantitative estimate of drug-likeness (QED) is 0.864. The molecule has 1 saturated carbocycles. The molecule has 2 unspecified atom stereocenters. The summed E-state index contributed by atoms with van der Waals surface area (Å²) in [5.74, 6) is 0. The van der Waals surface area contributed by atoms with Crippen LogP contribution in [0.3, 0.4) is 0 Å². The first kappa shape index (κ1) is 12.4. The molecule has 2 atom stereocenters. The number of hydrogen-bond acceptors (Lipinski definition) is 2. The van der Waals surface area contributed by atoms with Gasteiger partial charge in [0, 0.05) is 0 Å². The Morgan fingerprint density at radius 3 is 2.16 bits per heavy atom. The van der Waals surface area contributed by atoms with Crippen LogP contribution < -0.4 is 5.73 Å². The molecule has 0 radical (unpaired) electrons. The molecule has 0 aliphatic heterocycles. The maximum absolute atomic E-state index is 10.1. The molecule has 0 amide bonds. The third kappa shape index (κ3) is 2.18. The number of aliphatic hydroxyl groups is 1. The Balaban J connectivity index is 1.91. The fraction of sp³-hybridized carbons (Fsp3) is 0.294. The van der Waals surface area contributed by atoms with Crippen LogP contribution in [0, 0.1) is 0 Å². The summed E-state index contributed by atoms with van der Waals surface area (Å²) >= 11 is 0. The van der Waals surface area contributed by atoms with E-state index in [1.54, 1.807) is 0 Å². The third-order valence-corrected chi connectivity index (χ3v) is 4.19. The minimum absolute atomic E-state index is 0.421. The van der Waals surface area contributed by atoms with Gasteiger partial charge in [0.15, 0.2) is 0 Å². The predicted molar refractivity (Wildman–Crippen MR) is 77.6 cm³/mol. The van der Waals surface area contributed by atoms with E-state index in [0.717, 1.165) is 24.8 Å². The van der Waals surface area contributed by atoms with Gasteiger partial charge in [-0.25, -0.2) is 0 Å². The summed E-state index contributed by atoms with van der Waals surface area (Å²) in [5, 5.41) is 10.1. The van der Waals surface area contributed by atoms with Crippen molar-refractivity contribution in [2.45, 2.75) is 30.9 Å². The average molecular weight is 253 g/mol. The van der Waals surface area contributed by atoms with E-state index in [1.807, 2.05) is 18.2 Å². The van der Waals surface area contributed by atoms with Crippen molar-refractivity contribution in [2.24, 2.45) is 5.73 Å². The van der Waals surface area contributed by atoms with Gasteiger partial charge < -0.3 is 10.8 Å². The lowest BCUT2D eigenvalue weighted by molar-refractivity contribution is 0.109.